The smallest absolute Gasteiger partial charge is 0.398 e. The van der Waals surface area contributed by atoms with Gasteiger partial charge in [-0.2, -0.15) is 18.4 Å². The lowest BCUT2D eigenvalue weighted by atomic mass is 9.79. The molecule has 5 nitrogen and oxygen atoms in total. The Morgan fingerprint density at radius 3 is 1.27 bits per heavy atom. The summed E-state index contributed by atoms with van der Waals surface area (Å²) in [6, 6.07) is 58.8. The van der Waals surface area contributed by atoms with Crippen LogP contribution in [0.1, 0.15) is 347 Å². The monoisotopic (exact) mass is 1530 g/mol. The third kappa shape index (κ3) is 40.8. The molecule has 0 aliphatic heterocycles. The zero-order valence-electron chi connectivity index (χ0n) is 71.8. The van der Waals surface area contributed by atoms with Crippen LogP contribution in [0.2, 0.25) is 10.0 Å². The summed E-state index contributed by atoms with van der Waals surface area (Å²) in [5, 5.41) is 19.2. The Balaban J connectivity index is -0.000000268. The molecule has 0 fully saturated rings. The minimum atomic E-state index is -4.19. The number of benzene rings is 7. The van der Waals surface area contributed by atoms with E-state index < -0.39 is 30.0 Å². The van der Waals surface area contributed by atoms with Crippen molar-refractivity contribution in [3.05, 3.63) is 247 Å². The van der Waals surface area contributed by atoms with Crippen LogP contribution in [-0.4, -0.2) is 36.8 Å². The summed E-state index contributed by atoms with van der Waals surface area (Å²) in [4.78, 5) is 22.9. The van der Waals surface area contributed by atoms with E-state index in [-0.39, 0.29) is 22.6 Å². The Bertz CT molecular complexity index is 3190. The lowest BCUT2D eigenvalue weighted by Gasteiger charge is -2.31. The summed E-state index contributed by atoms with van der Waals surface area (Å²) in [5.41, 5.74) is 10.1. The predicted octanol–water partition coefficient (Wildman–Crippen LogP) is 31.7. The average Bonchev–Trinajstić information content (AvgIpc) is 0.818. The number of nitriles is 1. The maximum Gasteiger partial charge on any atom is 0.398 e. The van der Waals surface area contributed by atoms with Crippen molar-refractivity contribution in [2.24, 2.45) is 0 Å². The van der Waals surface area contributed by atoms with Gasteiger partial charge in [0.1, 0.15) is 6.61 Å². The van der Waals surface area contributed by atoms with Crippen LogP contribution in [0.4, 0.5) is 13.2 Å². The summed E-state index contributed by atoms with van der Waals surface area (Å²) in [5.74, 6) is 0.653. The van der Waals surface area contributed by atoms with Gasteiger partial charge in [0.15, 0.2) is 5.78 Å². The van der Waals surface area contributed by atoms with Crippen LogP contribution >= 0.6 is 34.8 Å². The first-order chi connectivity index (χ1) is 50.5. The average molecular weight is 1530 g/mol. The molecule has 0 radical (unpaired) electrons. The first-order valence-corrected chi connectivity index (χ1v) is 40.9. The molecule has 11 heteroatoms. The number of aliphatic hydroxyl groups excluding tert-OH is 1. The number of rotatable bonds is 17. The van der Waals surface area contributed by atoms with Gasteiger partial charge in [0.2, 0.25) is 0 Å². The van der Waals surface area contributed by atoms with Gasteiger partial charge in [-0.1, -0.05) is 349 Å². The summed E-state index contributed by atoms with van der Waals surface area (Å²) in [7, 11) is 1.30. The number of nitrogens with zero attached hydrogens (tertiary/aromatic N) is 1. The lowest BCUT2D eigenvalue weighted by molar-refractivity contribution is -0.186. The summed E-state index contributed by atoms with van der Waals surface area (Å²) in [6.07, 6.45) is 7.55. The molecule has 1 aliphatic rings. The number of carbonyl (C=O) groups is 2. The molecule has 0 saturated carbocycles. The molecule has 8 rings (SSSR count). The highest BCUT2D eigenvalue weighted by Crippen LogP contribution is 2.43. The molecule has 6 atom stereocenters. The summed E-state index contributed by atoms with van der Waals surface area (Å²) < 4.78 is 43.0. The number of carbonyl (C=O) groups excluding carboxylic acids is 2. The summed E-state index contributed by atoms with van der Waals surface area (Å²) in [6.45, 7) is 58.2. The van der Waals surface area contributed by atoms with Crippen molar-refractivity contribution in [2.75, 3.05) is 13.7 Å². The number of fused-ring (bicyclic) bond motifs is 1. The maximum atomic E-state index is 12.8. The molecule has 598 valence electrons. The van der Waals surface area contributed by atoms with Crippen molar-refractivity contribution in [3.63, 3.8) is 0 Å². The van der Waals surface area contributed by atoms with E-state index in [9.17, 15) is 22.8 Å². The third-order valence-corrected chi connectivity index (χ3v) is 19.5. The summed E-state index contributed by atoms with van der Waals surface area (Å²) >= 11 is 17.9. The van der Waals surface area contributed by atoms with Crippen molar-refractivity contribution in [1.29, 1.82) is 5.26 Å². The van der Waals surface area contributed by atoms with E-state index >= 15 is 0 Å². The van der Waals surface area contributed by atoms with E-state index in [2.05, 4.69) is 127 Å². The van der Waals surface area contributed by atoms with E-state index in [4.69, 9.17) is 45.2 Å². The number of hydrogen-bond donors (Lipinski definition) is 1. The van der Waals surface area contributed by atoms with Crippen molar-refractivity contribution in [2.45, 2.75) is 316 Å². The molecule has 0 amide bonds. The number of methoxy groups -OCH3 is 1. The Labute approximate surface area is 663 Å². The van der Waals surface area contributed by atoms with Crippen molar-refractivity contribution in [3.8, 4) is 6.07 Å². The van der Waals surface area contributed by atoms with Crippen LogP contribution in [0, 0.1) is 11.3 Å². The van der Waals surface area contributed by atoms with Gasteiger partial charge in [0, 0.05) is 5.56 Å². The molecular formula is C95H147Cl3F3NO4. The van der Waals surface area contributed by atoms with Crippen LogP contribution in [0.3, 0.4) is 0 Å². The number of Topliss-reactive ketones (excluding diaryl/α,β-unsaturated/α-hetero) is 1. The predicted molar refractivity (Wildman–Crippen MR) is 464 cm³/mol. The Morgan fingerprint density at radius 1 is 0.481 bits per heavy atom. The van der Waals surface area contributed by atoms with E-state index in [1.165, 1.54) is 87.4 Å². The lowest BCUT2D eigenvalue weighted by Crippen LogP contribution is -2.38. The highest BCUT2D eigenvalue weighted by Gasteiger charge is 2.50. The molecule has 7 aromatic carbocycles. The minimum Gasteiger partial charge on any atom is -0.465 e. The van der Waals surface area contributed by atoms with Gasteiger partial charge in [0.25, 0.3) is 0 Å². The third-order valence-electron chi connectivity index (χ3n) is 18.3. The molecule has 0 spiro atoms. The van der Waals surface area contributed by atoms with Crippen LogP contribution in [0.5, 0.6) is 0 Å². The molecule has 106 heavy (non-hydrogen) atoms. The zero-order chi connectivity index (χ0) is 83.3. The van der Waals surface area contributed by atoms with E-state index in [1.807, 2.05) is 198 Å². The highest BCUT2D eigenvalue weighted by molar-refractivity contribution is 6.42. The Kier molecular flexibility index (Phi) is 67.6. The van der Waals surface area contributed by atoms with Gasteiger partial charge in [-0.3, -0.25) is 4.79 Å². The standard InChI is InChI=1S/C14H18O4.C14H20.C11H13F3.C11H13N.C11H16.C10H12Cl2.C10H13Cl.7C2H6/c1-4-9(2)10-5-11(13(16)8-15)7-12(6-10)14(17)18-3;1-3-11(2)13-10-6-8-12-7-4-5-9-14(12)13;1-3-10(2,11(12,13)14)9-7-5-4-6-8-9;1-3-11(2,9-12)10-7-5-4-6-8-10;1-4-11(2,3)10-8-6-5-7-9-10;1-3-7(2)8-4-5-9(11)10(12)6-8;1-3-10(2,11)9-7-5-4-6-8-9;7*1-2/h5-7,9,15H,4,8H2,1-3H3;6,8,10-11H,3-5,7,9H2,1-2H3;4-8H,3H2,1-2H3;4-8H,3H2,1-2H3;5-9H,4H2,1-3H3;4-7H,3H2,1-2H3;4-8H,3H2,1-2H3;7*1-2H3. The number of hydrogen-bond acceptors (Lipinski definition) is 5. The normalized spacial score (nSPS) is 12.9. The number of alkyl halides is 4. The number of esters is 1. The second-order valence-corrected chi connectivity index (χ2v) is 26.6. The fourth-order valence-corrected chi connectivity index (χ4v) is 10.3. The highest BCUT2D eigenvalue weighted by atomic mass is 35.5. The molecule has 0 heterocycles. The fourth-order valence-electron chi connectivity index (χ4n) is 9.82. The second-order valence-electron chi connectivity index (χ2n) is 24.9. The molecule has 0 saturated heterocycles. The Morgan fingerprint density at radius 2 is 0.896 bits per heavy atom. The van der Waals surface area contributed by atoms with Crippen LogP contribution in [0.15, 0.2) is 176 Å². The van der Waals surface area contributed by atoms with Gasteiger partial charge < -0.3 is 9.84 Å². The molecule has 0 aromatic heterocycles. The minimum absolute atomic E-state index is 0.0561. The van der Waals surface area contributed by atoms with Gasteiger partial charge in [-0.15, -0.1) is 11.6 Å². The van der Waals surface area contributed by atoms with Crippen LogP contribution in [0.25, 0.3) is 0 Å². The molecule has 7 aromatic rings. The van der Waals surface area contributed by atoms with Crippen molar-refractivity contribution < 1.29 is 32.6 Å². The number of aliphatic hydroxyl groups is 1. The first kappa shape index (κ1) is 111. The quantitative estimate of drug-likeness (QED) is 0.0558. The van der Waals surface area contributed by atoms with Crippen LogP contribution < -0.4 is 0 Å². The van der Waals surface area contributed by atoms with Crippen LogP contribution in [-0.2, 0) is 38.7 Å². The van der Waals surface area contributed by atoms with E-state index in [1.54, 1.807) is 53.9 Å². The largest absolute Gasteiger partial charge is 0.465 e. The van der Waals surface area contributed by atoms with Crippen molar-refractivity contribution in [1.82, 2.24) is 0 Å². The zero-order valence-corrected chi connectivity index (χ0v) is 74.1. The maximum absolute atomic E-state index is 12.8. The first-order valence-electron chi connectivity index (χ1n) is 39.8. The number of ketones is 1. The van der Waals surface area contributed by atoms with E-state index in [0.717, 1.165) is 42.7 Å². The van der Waals surface area contributed by atoms with E-state index in [0.29, 0.717) is 38.1 Å². The SMILES string of the molecule is CC.CC.CC.CC.CC.CC.CC.CCC(C)(C#N)c1ccccc1.CCC(C)(C)c1ccccc1.CCC(C)(Cl)c1ccccc1.CCC(C)(c1ccccc1)C(F)(F)F.CCC(C)c1cc(C(=O)CO)cc(C(=O)OC)c1.CCC(C)c1ccc(Cl)c(Cl)c1.CCC(C)c1cccc2c1CCCC2. The number of ether oxygens (including phenoxy) is 1. The molecular weight excluding hydrogens is 1380 g/mol. The fraction of sp³-hybridized carbons (Fsp3) is 0.526. The number of halogens is 6. The molecule has 0 bridgehead atoms. The molecule has 1 aliphatic carbocycles. The van der Waals surface area contributed by atoms with Gasteiger partial charge >= 0.3 is 12.1 Å². The molecule has 1 N–H and O–H groups in total. The van der Waals surface area contributed by atoms with Gasteiger partial charge in [0.05, 0.1) is 44.5 Å². The second kappa shape index (κ2) is 64.8. The van der Waals surface area contributed by atoms with Gasteiger partial charge in [-0.05, 0) is 195 Å². The Hall–Kier alpha value is -6.21. The topological polar surface area (TPSA) is 87.4 Å². The van der Waals surface area contributed by atoms with Gasteiger partial charge in [-0.25, -0.2) is 4.79 Å². The number of aryl methyl sites for hydroxylation is 1. The molecule has 6 unspecified atom stereocenters. The van der Waals surface area contributed by atoms with Crippen molar-refractivity contribution >= 4 is 46.6 Å².